The Kier molecular flexibility index (Phi) is 4.98. The van der Waals surface area contributed by atoms with Gasteiger partial charge in [-0.3, -0.25) is 9.18 Å². The van der Waals surface area contributed by atoms with Gasteiger partial charge in [-0.25, -0.2) is 4.98 Å². The van der Waals surface area contributed by atoms with Gasteiger partial charge in [0.2, 0.25) is 0 Å². The number of carbonyl (C=O) groups is 1. The molecule has 0 saturated carbocycles. The SMILES string of the molecule is Cc1ccc(OCc2cnc(N)c(C(=O)C(C)(C)CF)c2)cc1. The van der Waals surface area contributed by atoms with E-state index in [1.54, 1.807) is 26.1 Å². The van der Waals surface area contributed by atoms with Crippen LogP contribution in [0.25, 0.3) is 0 Å². The van der Waals surface area contributed by atoms with E-state index in [4.69, 9.17) is 10.5 Å². The van der Waals surface area contributed by atoms with Crippen LogP contribution in [0, 0.1) is 12.3 Å². The Labute approximate surface area is 135 Å². The van der Waals surface area contributed by atoms with Crippen molar-refractivity contribution < 1.29 is 13.9 Å². The minimum Gasteiger partial charge on any atom is -0.489 e. The predicted molar refractivity (Wildman–Crippen MR) is 88.2 cm³/mol. The van der Waals surface area contributed by atoms with Crippen molar-refractivity contribution in [3.05, 3.63) is 53.2 Å². The first kappa shape index (κ1) is 16.9. The van der Waals surface area contributed by atoms with Crippen LogP contribution in [-0.4, -0.2) is 17.4 Å². The molecule has 0 amide bonds. The van der Waals surface area contributed by atoms with Gasteiger partial charge >= 0.3 is 0 Å². The highest BCUT2D eigenvalue weighted by atomic mass is 19.1. The van der Waals surface area contributed by atoms with Crippen LogP contribution in [0.4, 0.5) is 10.2 Å². The highest BCUT2D eigenvalue weighted by Crippen LogP contribution is 2.26. The molecule has 23 heavy (non-hydrogen) atoms. The molecule has 2 rings (SSSR count). The number of anilines is 1. The number of nitrogens with zero attached hydrogens (tertiary/aromatic N) is 1. The number of ether oxygens (including phenoxy) is 1. The number of alkyl halides is 1. The molecule has 1 heterocycles. The van der Waals surface area contributed by atoms with Crippen molar-refractivity contribution in [1.82, 2.24) is 4.98 Å². The van der Waals surface area contributed by atoms with Crippen molar-refractivity contribution in [1.29, 1.82) is 0 Å². The second-order valence-corrected chi connectivity index (χ2v) is 6.22. The first-order chi connectivity index (χ1) is 10.8. The van der Waals surface area contributed by atoms with Crippen molar-refractivity contribution >= 4 is 11.6 Å². The number of nitrogens with two attached hydrogens (primary N) is 1. The molecule has 0 bridgehead atoms. The summed E-state index contributed by atoms with van der Waals surface area (Å²) in [6.07, 6.45) is 1.56. The highest BCUT2D eigenvalue weighted by Gasteiger charge is 2.30. The van der Waals surface area contributed by atoms with Crippen LogP contribution in [0.1, 0.15) is 35.3 Å². The van der Waals surface area contributed by atoms with E-state index in [0.29, 0.717) is 5.56 Å². The minimum absolute atomic E-state index is 0.107. The molecule has 2 N–H and O–H groups in total. The summed E-state index contributed by atoms with van der Waals surface area (Å²) in [6, 6.07) is 9.28. The summed E-state index contributed by atoms with van der Waals surface area (Å²) in [6.45, 7) is 4.59. The fourth-order valence-corrected chi connectivity index (χ4v) is 2.01. The molecule has 1 aromatic heterocycles. The number of pyridine rings is 1. The Balaban J connectivity index is 2.17. The van der Waals surface area contributed by atoms with Crippen LogP contribution in [0.3, 0.4) is 0 Å². The molecule has 4 nitrogen and oxygen atoms in total. The number of benzene rings is 1. The van der Waals surface area contributed by atoms with Gasteiger partial charge in [0, 0.05) is 11.8 Å². The first-order valence-corrected chi connectivity index (χ1v) is 7.38. The number of hydrogen-bond donors (Lipinski definition) is 1. The molecule has 0 aliphatic heterocycles. The van der Waals surface area contributed by atoms with Gasteiger partial charge in [0.15, 0.2) is 5.78 Å². The summed E-state index contributed by atoms with van der Waals surface area (Å²) in [7, 11) is 0. The van der Waals surface area contributed by atoms with E-state index in [0.717, 1.165) is 11.3 Å². The standard InChI is InChI=1S/C18H21FN2O2/c1-12-4-6-14(7-5-12)23-10-13-8-15(17(20)21-9-13)16(22)18(2,3)11-19/h4-9H,10-11H2,1-3H3,(H2,20,21). The number of aromatic nitrogens is 1. The van der Waals surface area contributed by atoms with Crippen LogP contribution in [0.15, 0.2) is 36.5 Å². The van der Waals surface area contributed by atoms with Gasteiger partial charge in [-0.1, -0.05) is 31.5 Å². The van der Waals surface area contributed by atoms with Gasteiger partial charge in [-0.2, -0.15) is 0 Å². The Hall–Kier alpha value is -2.43. The van der Waals surface area contributed by atoms with Gasteiger partial charge in [0.25, 0.3) is 0 Å². The lowest BCUT2D eigenvalue weighted by Gasteiger charge is -2.19. The zero-order chi connectivity index (χ0) is 17.0. The third-order valence-electron chi connectivity index (χ3n) is 3.60. The third-order valence-corrected chi connectivity index (χ3v) is 3.60. The average Bonchev–Trinajstić information content (AvgIpc) is 2.55. The van der Waals surface area contributed by atoms with E-state index in [-0.39, 0.29) is 23.8 Å². The topological polar surface area (TPSA) is 65.2 Å². The molecular formula is C18H21FN2O2. The van der Waals surface area contributed by atoms with E-state index in [1.807, 2.05) is 31.2 Å². The van der Waals surface area contributed by atoms with Gasteiger partial charge in [0.05, 0.1) is 11.0 Å². The fourth-order valence-electron chi connectivity index (χ4n) is 2.01. The molecule has 0 fully saturated rings. The molecule has 0 spiro atoms. The molecule has 1 aromatic carbocycles. The van der Waals surface area contributed by atoms with Crippen molar-refractivity contribution in [2.24, 2.45) is 5.41 Å². The van der Waals surface area contributed by atoms with E-state index < -0.39 is 12.1 Å². The van der Waals surface area contributed by atoms with Gasteiger partial charge in [-0.15, -0.1) is 0 Å². The maximum Gasteiger partial charge on any atom is 0.174 e. The van der Waals surface area contributed by atoms with Gasteiger partial charge in [0.1, 0.15) is 24.8 Å². The van der Waals surface area contributed by atoms with Crippen LogP contribution in [0.5, 0.6) is 5.75 Å². The molecule has 5 heteroatoms. The summed E-state index contributed by atoms with van der Waals surface area (Å²) >= 11 is 0. The molecule has 0 saturated heterocycles. The normalized spacial score (nSPS) is 11.3. The largest absolute Gasteiger partial charge is 0.489 e. The molecule has 0 aliphatic carbocycles. The number of Topliss-reactive ketones (excluding diaryl/α,β-unsaturated/α-hetero) is 1. The predicted octanol–water partition coefficient (Wildman–Crippen LogP) is 3.73. The Morgan fingerprint density at radius 1 is 1.30 bits per heavy atom. The summed E-state index contributed by atoms with van der Waals surface area (Å²) in [5, 5.41) is 0. The maximum atomic E-state index is 13.0. The summed E-state index contributed by atoms with van der Waals surface area (Å²) in [4.78, 5) is 16.4. The fraction of sp³-hybridized carbons (Fsp3) is 0.333. The molecule has 0 radical (unpaired) electrons. The number of halogens is 1. The molecular weight excluding hydrogens is 295 g/mol. The summed E-state index contributed by atoms with van der Waals surface area (Å²) in [5.74, 6) is 0.474. The third kappa shape index (κ3) is 4.06. The van der Waals surface area contributed by atoms with E-state index in [1.165, 1.54) is 0 Å². The van der Waals surface area contributed by atoms with E-state index in [2.05, 4.69) is 4.98 Å². The molecule has 0 unspecified atom stereocenters. The van der Waals surface area contributed by atoms with Crippen molar-refractivity contribution in [2.45, 2.75) is 27.4 Å². The van der Waals surface area contributed by atoms with Crippen LogP contribution in [-0.2, 0) is 6.61 Å². The molecule has 0 aliphatic rings. The number of hydrogen-bond acceptors (Lipinski definition) is 4. The first-order valence-electron chi connectivity index (χ1n) is 7.38. The second-order valence-electron chi connectivity index (χ2n) is 6.22. The average molecular weight is 316 g/mol. The molecule has 0 atom stereocenters. The summed E-state index contributed by atoms with van der Waals surface area (Å²) < 4.78 is 18.7. The van der Waals surface area contributed by atoms with Crippen LogP contribution < -0.4 is 10.5 Å². The number of nitrogen functional groups attached to an aromatic ring is 1. The lowest BCUT2D eigenvalue weighted by atomic mass is 9.85. The van der Waals surface area contributed by atoms with Gasteiger partial charge in [-0.05, 0) is 25.1 Å². The Bertz CT molecular complexity index is 697. The highest BCUT2D eigenvalue weighted by molar-refractivity contribution is 6.03. The Morgan fingerprint density at radius 3 is 2.57 bits per heavy atom. The van der Waals surface area contributed by atoms with Crippen LogP contribution in [0.2, 0.25) is 0 Å². The Morgan fingerprint density at radius 2 is 1.96 bits per heavy atom. The van der Waals surface area contributed by atoms with Crippen molar-refractivity contribution in [3.8, 4) is 5.75 Å². The number of rotatable bonds is 6. The lowest BCUT2D eigenvalue weighted by molar-refractivity contribution is 0.0801. The minimum atomic E-state index is -1.12. The van der Waals surface area contributed by atoms with Crippen LogP contribution >= 0.6 is 0 Å². The monoisotopic (exact) mass is 316 g/mol. The van der Waals surface area contributed by atoms with Gasteiger partial charge < -0.3 is 10.5 Å². The number of aryl methyl sites for hydroxylation is 1. The smallest absolute Gasteiger partial charge is 0.174 e. The van der Waals surface area contributed by atoms with Crippen molar-refractivity contribution in [2.75, 3.05) is 12.4 Å². The summed E-state index contributed by atoms with van der Waals surface area (Å²) in [5.41, 5.74) is 6.74. The zero-order valence-electron chi connectivity index (χ0n) is 13.6. The second kappa shape index (κ2) is 6.77. The number of carbonyl (C=O) groups excluding carboxylic acids is 1. The maximum absolute atomic E-state index is 13.0. The van der Waals surface area contributed by atoms with E-state index in [9.17, 15) is 9.18 Å². The quantitative estimate of drug-likeness (QED) is 0.825. The zero-order valence-corrected chi connectivity index (χ0v) is 13.6. The van der Waals surface area contributed by atoms with Crippen molar-refractivity contribution in [3.63, 3.8) is 0 Å². The van der Waals surface area contributed by atoms with E-state index >= 15 is 0 Å². The number of ketones is 1. The lowest BCUT2D eigenvalue weighted by Crippen LogP contribution is -2.27. The molecule has 2 aromatic rings. The molecule has 122 valence electrons.